The number of pyridine rings is 1. The SMILES string of the molecule is O=C(NCc1ccc2cncn2c1)N1CC(c2ccccc2)C2COCCC21. The predicted molar refractivity (Wildman–Crippen MR) is 106 cm³/mol. The molecule has 28 heavy (non-hydrogen) atoms. The monoisotopic (exact) mass is 376 g/mol. The van der Waals surface area contributed by atoms with E-state index in [0.717, 1.165) is 37.3 Å². The number of rotatable bonds is 3. The second-order valence-corrected chi connectivity index (χ2v) is 7.69. The number of fused-ring (bicyclic) bond motifs is 2. The Bertz CT molecular complexity index is 971. The van der Waals surface area contributed by atoms with Crippen LogP contribution in [-0.4, -0.2) is 46.1 Å². The first-order valence-electron chi connectivity index (χ1n) is 9.87. The maximum atomic E-state index is 13.0. The van der Waals surface area contributed by atoms with Crippen LogP contribution in [0.4, 0.5) is 4.79 Å². The zero-order valence-electron chi connectivity index (χ0n) is 15.7. The fourth-order valence-electron chi connectivity index (χ4n) is 4.64. The molecule has 2 aromatic heterocycles. The number of nitrogens with zero attached hydrogens (tertiary/aromatic N) is 3. The summed E-state index contributed by atoms with van der Waals surface area (Å²) in [5.74, 6) is 0.698. The molecule has 5 rings (SSSR count). The summed E-state index contributed by atoms with van der Waals surface area (Å²) in [6.07, 6.45) is 6.51. The lowest BCUT2D eigenvalue weighted by molar-refractivity contribution is 0.0261. The van der Waals surface area contributed by atoms with Gasteiger partial charge in [0.25, 0.3) is 0 Å². The molecule has 2 fully saturated rings. The van der Waals surface area contributed by atoms with Crippen LogP contribution in [0.3, 0.4) is 0 Å². The van der Waals surface area contributed by atoms with Crippen LogP contribution >= 0.6 is 0 Å². The van der Waals surface area contributed by atoms with E-state index in [4.69, 9.17) is 4.74 Å². The molecule has 1 aromatic carbocycles. The first-order valence-corrected chi connectivity index (χ1v) is 9.87. The molecule has 2 aliphatic heterocycles. The van der Waals surface area contributed by atoms with Gasteiger partial charge in [-0.1, -0.05) is 36.4 Å². The average molecular weight is 376 g/mol. The van der Waals surface area contributed by atoms with Crippen LogP contribution in [0.15, 0.2) is 61.2 Å². The molecule has 0 aliphatic carbocycles. The standard InChI is InChI=1S/C22H24N4O2/c27-22(24-10-16-6-7-18-11-23-15-25(18)12-16)26-13-19(17-4-2-1-3-5-17)20-14-28-9-8-21(20)26/h1-7,11-12,15,19-21H,8-10,13-14H2,(H,24,27). The van der Waals surface area contributed by atoms with Gasteiger partial charge in [0.15, 0.2) is 0 Å². The fraction of sp³-hybridized carbons (Fsp3) is 0.364. The van der Waals surface area contributed by atoms with E-state index in [1.807, 2.05) is 39.9 Å². The lowest BCUT2D eigenvalue weighted by Crippen LogP contribution is -2.46. The molecule has 3 atom stereocenters. The van der Waals surface area contributed by atoms with Crippen LogP contribution in [0.1, 0.15) is 23.5 Å². The van der Waals surface area contributed by atoms with E-state index >= 15 is 0 Å². The van der Waals surface area contributed by atoms with Gasteiger partial charge in [0.05, 0.1) is 24.6 Å². The van der Waals surface area contributed by atoms with Gasteiger partial charge in [-0.15, -0.1) is 0 Å². The summed E-state index contributed by atoms with van der Waals surface area (Å²) >= 11 is 0. The first kappa shape index (κ1) is 17.3. The molecule has 6 heteroatoms. The Hall–Kier alpha value is -2.86. The highest BCUT2D eigenvalue weighted by Gasteiger charge is 2.45. The Morgan fingerprint density at radius 3 is 3.00 bits per heavy atom. The van der Waals surface area contributed by atoms with Gasteiger partial charge in [-0.25, -0.2) is 9.78 Å². The highest BCUT2D eigenvalue weighted by molar-refractivity contribution is 5.75. The second-order valence-electron chi connectivity index (χ2n) is 7.69. The van der Waals surface area contributed by atoms with Crippen molar-refractivity contribution in [3.63, 3.8) is 0 Å². The molecular weight excluding hydrogens is 352 g/mol. The van der Waals surface area contributed by atoms with E-state index in [0.29, 0.717) is 18.4 Å². The second kappa shape index (κ2) is 7.28. The Morgan fingerprint density at radius 1 is 1.21 bits per heavy atom. The molecule has 3 unspecified atom stereocenters. The van der Waals surface area contributed by atoms with Crippen LogP contribution in [0.5, 0.6) is 0 Å². The molecule has 2 amide bonds. The molecule has 3 aromatic rings. The molecule has 0 bridgehead atoms. The van der Waals surface area contributed by atoms with Crippen LogP contribution in [0, 0.1) is 5.92 Å². The van der Waals surface area contributed by atoms with Gasteiger partial charge in [-0.3, -0.25) is 0 Å². The van der Waals surface area contributed by atoms with E-state index in [2.05, 4.69) is 34.6 Å². The quantitative estimate of drug-likeness (QED) is 0.764. The summed E-state index contributed by atoms with van der Waals surface area (Å²) in [4.78, 5) is 19.2. The number of likely N-dealkylation sites (tertiary alicyclic amines) is 1. The number of carbonyl (C=O) groups excluding carboxylic acids is 1. The van der Waals surface area contributed by atoms with Gasteiger partial charge >= 0.3 is 6.03 Å². The van der Waals surface area contributed by atoms with Crippen molar-refractivity contribution in [1.29, 1.82) is 0 Å². The normalized spacial score (nSPS) is 24.3. The van der Waals surface area contributed by atoms with Crippen molar-refractivity contribution < 1.29 is 9.53 Å². The molecule has 4 heterocycles. The van der Waals surface area contributed by atoms with Gasteiger partial charge in [0.2, 0.25) is 0 Å². The number of hydrogen-bond acceptors (Lipinski definition) is 3. The summed E-state index contributed by atoms with van der Waals surface area (Å²) in [5.41, 5.74) is 3.40. The number of amides is 2. The van der Waals surface area contributed by atoms with E-state index in [1.165, 1.54) is 5.56 Å². The third kappa shape index (κ3) is 3.14. The fourth-order valence-corrected chi connectivity index (χ4v) is 4.64. The molecule has 144 valence electrons. The summed E-state index contributed by atoms with van der Waals surface area (Å²) < 4.78 is 7.73. The third-order valence-corrected chi connectivity index (χ3v) is 6.07. The summed E-state index contributed by atoms with van der Waals surface area (Å²) in [7, 11) is 0. The van der Waals surface area contributed by atoms with E-state index in [9.17, 15) is 4.79 Å². The minimum Gasteiger partial charge on any atom is -0.381 e. The largest absolute Gasteiger partial charge is 0.381 e. The number of aromatic nitrogens is 2. The third-order valence-electron chi connectivity index (χ3n) is 6.07. The molecule has 0 saturated carbocycles. The summed E-state index contributed by atoms with van der Waals surface area (Å²) in [5, 5.41) is 3.12. The summed E-state index contributed by atoms with van der Waals surface area (Å²) in [6.45, 7) is 2.71. The maximum absolute atomic E-state index is 13.0. The Morgan fingerprint density at radius 2 is 2.11 bits per heavy atom. The number of benzene rings is 1. The zero-order valence-corrected chi connectivity index (χ0v) is 15.7. The molecule has 2 aliphatic rings. The Labute approximate surface area is 164 Å². The molecule has 0 spiro atoms. The van der Waals surface area contributed by atoms with Gasteiger partial charge in [-0.2, -0.15) is 0 Å². The highest BCUT2D eigenvalue weighted by atomic mass is 16.5. The molecular formula is C22H24N4O2. The molecule has 0 radical (unpaired) electrons. The van der Waals surface area contributed by atoms with Crippen molar-refractivity contribution in [3.8, 4) is 0 Å². The molecule has 2 saturated heterocycles. The van der Waals surface area contributed by atoms with E-state index < -0.39 is 0 Å². The number of ether oxygens (including phenoxy) is 1. The van der Waals surface area contributed by atoms with Crippen molar-refractivity contribution in [2.75, 3.05) is 19.8 Å². The number of nitrogens with one attached hydrogen (secondary N) is 1. The average Bonchev–Trinajstić information content (AvgIpc) is 3.37. The highest BCUT2D eigenvalue weighted by Crippen LogP contribution is 2.40. The zero-order chi connectivity index (χ0) is 18.9. The van der Waals surface area contributed by atoms with Crippen molar-refractivity contribution in [2.24, 2.45) is 5.92 Å². The van der Waals surface area contributed by atoms with Crippen LogP contribution in [0.25, 0.3) is 5.52 Å². The lowest BCUT2D eigenvalue weighted by atomic mass is 9.84. The smallest absolute Gasteiger partial charge is 0.317 e. The van der Waals surface area contributed by atoms with Crippen LogP contribution < -0.4 is 5.32 Å². The lowest BCUT2D eigenvalue weighted by Gasteiger charge is -2.32. The van der Waals surface area contributed by atoms with Gasteiger partial charge in [0, 0.05) is 43.8 Å². The first-order chi connectivity index (χ1) is 13.8. The van der Waals surface area contributed by atoms with Crippen molar-refractivity contribution in [2.45, 2.75) is 24.9 Å². The van der Waals surface area contributed by atoms with Gasteiger partial charge in [0.1, 0.15) is 0 Å². The van der Waals surface area contributed by atoms with Crippen LogP contribution in [-0.2, 0) is 11.3 Å². The minimum atomic E-state index is 0.0149. The van der Waals surface area contributed by atoms with Gasteiger partial charge < -0.3 is 19.4 Å². The van der Waals surface area contributed by atoms with Gasteiger partial charge in [-0.05, 0) is 23.6 Å². The Balaban J connectivity index is 1.30. The Kier molecular flexibility index (Phi) is 4.49. The molecule has 1 N–H and O–H groups in total. The van der Waals surface area contributed by atoms with E-state index in [-0.39, 0.29) is 12.1 Å². The topological polar surface area (TPSA) is 58.9 Å². The number of urea groups is 1. The number of carbonyl (C=O) groups is 1. The van der Waals surface area contributed by atoms with Crippen molar-refractivity contribution in [1.82, 2.24) is 19.6 Å². The number of imidazole rings is 1. The maximum Gasteiger partial charge on any atom is 0.317 e. The molecule has 6 nitrogen and oxygen atoms in total. The number of hydrogen-bond donors (Lipinski definition) is 1. The van der Waals surface area contributed by atoms with E-state index in [1.54, 1.807) is 6.33 Å². The van der Waals surface area contributed by atoms with Crippen molar-refractivity contribution in [3.05, 3.63) is 72.3 Å². The minimum absolute atomic E-state index is 0.0149. The van der Waals surface area contributed by atoms with Crippen LogP contribution in [0.2, 0.25) is 0 Å². The predicted octanol–water partition coefficient (Wildman–Crippen LogP) is 3.05. The summed E-state index contributed by atoms with van der Waals surface area (Å²) in [6, 6.07) is 14.8. The van der Waals surface area contributed by atoms with Crippen molar-refractivity contribution >= 4 is 11.5 Å².